The van der Waals surface area contributed by atoms with E-state index in [9.17, 15) is 5.26 Å². The highest BCUT2D eigenvalue weighted by Crippen LogP contribution is 2.47. The maximum Gasteiger partial charge on any atom is 0.234 e. The van der Waals surface area contributed by atoms with E-state index in [1.54, 1.807) is 0 Å². The fourth-order valence-corrected chi connectivity index (χ4v) is 7.27. The van der Waals surface area contributed by atoms with Gasteiger partial charge in [0.05, 0.1) is 33.1 Å². The first-order valence-corrected chi connectivity index (χ1v) is 14.0. The number of aromatic nitrogens is 4. The number of benzene rings is 6. The molecule has 0 aliphatic carbocycles. The molecule has 10 aromatic rings. The molecule has 0 saturated heterocycles. The van der Waals surface area contributed by atoms with Gasteiger partial charge in [0.1, 0.15) is 11.9 Å². The maximum absolute atomic E-state index is 9.96. The molecular formula is C37H19N5. The Morgan fingerprint density at radius 1 is 0.524 bits per heavy atom. The van der Waals surface area contributed by atoms with Gasteiger partial charge in [-0.1, -0.05) is 84.9 Å². The topological polar surface area (TPSA) is 58.9 Å². The lowest BCUT2D eigenvalue weighted by molar-refractivity contribution is 1.05. The molecule has 0 amide bonds. The Morgan fingerprint density at radius 2 is 1.21 bits per heavy atom. The third kappa shape index (κ3) is 2.53. The van der Waals surface area contributed by atoms with Gasteiger partial charge in [-0.05, 0) is 35.7 Å². The molecule has 0 N–H and O–H groups in total. The molecule has 10 rings (SSSR count). The van der Waals surface area contributed by atoms with E-state index in [0.29, 0.717) is 0 Å². The second-order valence-corrected chi connectivity index (χ2v) is 10.9. The van der Waals surface area contributed by atoms with Gasteiger partial charge in [0, 0.05) is 43.1 Å². The number of fused-ring (bicyclic) bond motifs is 13. The number of para-hydroxylation sites is 3. The second kappa shape index (κ2) is 7.60. The molecule has 0 saturated carbocycles. The van der Waals surface area contributed by atoms with Crippen LogP contribution in [-0.2, 0) is 0 Å². The van der Waals surface area contributed by atoms with Crippen LogP contribution in [0.3, 0.4) is 0 Å². The van der Waals surface area contributed by atoms with Gasteiger partial charge >= 0.3 is 0 Å². The van der Waals surface area contributed by atoms with Gasteiger partial charge in [0.2, 0.25) is 5.82 Å². The van der Waals surface area contributed by atoms with Crippen molar-refractivity contribution in [3.05, 3.63) is 121 Å². The van der Waals surface area contributed by atoms with E-state index >= 15 is 0 Å². The van der Waals surface area contributed by atoms with Crippen molar-refractivity contribution in [1.82, 2.24) is 18.9 Å². The molecule has 4 heterocycles. The van der Waals surface area contributed by atoms with Crippen molar-refractivity contribution in [2.75, 3.05) is 0 Å². The number of nitriles is 1. The summed E-state index contributed by atoms with van der Waals surface area (Å²) in [5.41, 5.74) is 6.54. The summed E-state index contributed by atoms with van der Waals surface area (Å²) in [5.74, 6) is 0.876. The third-order valence-corrected chi connectivity index (χ3v) is 8.88. The largest absolute Gasteiger partial charge is 0.308 e. The Bertz CT molecular complexity index is 2810. The predicted molar refractivity (Wildman–Crippen MR) is 171 cm³/mol. The summed E-state index contributed by atoms with van der Waals surface area (Å²) < 4.78 is 4.70. The smallest absolute Gasteiger partial charge is 0.234 e. The van der Waals surface area contributed by atoms with E-state index in [1.165, 1.54) is 43.5 Å². The van der Waals surface area contributed by atoms with Crippen LogP contribution in [0.1, 0.15) is 5.82 Å². The summed E-state index contributed by atoms with van der Waals surface area (Å²) in [6.07, 6.45) is 0. The van der Waals surface area contributed by atoms with Crippen LogP contribution in [-0.4, -0.2) is 18.9 Å². The molecule has 192 valence electrons. The normalized spacial score (nSPS) is 12.3. The monoisotopic (exact) mass is 533 g/mol. The lowest BCUT2D eigenvalue weighted by Crippen LogP contribution is -2.03. The Hall–Kier alpha value is -5.99. The molecule has 0 aliphatic heterocycles. The van der Waals surface area contributed by atoms with E-state index in [4.69, 9.17) is 4.98 Å². The van der Waals surface area contributed by atoms with Gasteiger partial charge in [-0.3, -0.25) is 4.57 Å². The van der Waals surface area contributed by atoms with Gasteiger partial charge in [-0.15, -0.1) is 0 Å². The molecule has 5 nitrogen and oxygen atoms in total. The van der Waals surface area contributed by atoms with Crippen LogP contribution < -0.4 is 0 Å². The van der Waals surface area contributed by atoms with Crippen LogP contribution >= 0.6 is 0 Å². The van der Waals surface area contributed by atoms with Crippen molar-refractivity contribution in [1.29, 1.82) is 5.26 Å². The van der Waals surface area contributed by atoms with Crippen LogP contribution in [0.5, 0.6) is 0 Å². The van der Waals surface area contributed by atoms with Gasteiger partial charge in [0.15, 0.2) is 0 Å². The Labute approximate surface area is 238 Å². The zero-order valence-electron chi connectivity index (χ0n) is 22.2. The third-order valence-electron chi connectivity index (χ3n) is 8.88. The van der Waals surface area contributed by atoms with Gasteiger partial charge in [0.25, 0.3) is 0 Å². The maximum atomic E-state index is 9.96. The van der Waals surface area contributed by atoms with Crippen LogP contribution in [0.2, 0.25) is 0 Å². The number of rotatable bonds is 1. The number of nitrogens with zero attached hydrogens (tertiary/aromatic N) is 5. The zero-order valence-corrected chi connectivity index (χ0v) is 22.2. The summed E-state index contributed by atoms with van der Waals surface area (Å²) >= 11 is 0. The average molecular weight is 534 g/mol. The first kappa shape index (κ1) is 21.8. The van der Waals surface area contributed by atoms with Crippen molar-refractivity contribution >= 4 is 81.6 Å². The summed E-state index contributed by atoms with van der Waals surface area (Å²) in [6, 6.07) is 42.8. The van der Waals surface area contributed by atoms with E-state index in [2.05, 4.69) is 111 Å². The zero-order chi connectivity index (χ0) is 27.5. The highest BCUT2D eigenvalue weighted by molar-refractivity contribution is 6.37. The highest BCUT2D eigenvalue weighted by atomic mass is 15.1. The lowest BCUT2D eigenvalue weighted by atomic mass is 10.0. The molecular weight excluding hydrogens is 514 g/mol. The Balaban J connectivity index is 1.58. The van der Waals surface area contributed by atoms with E-state index in [1.807, 2.05) is 24.3 Å². The molecule has 0 radical (unpaired) electrons. The number of hydrogen-bond donors (Lipinski definition) is 0. The van der Waals surface area contributed by atoms with Crippen LogP contribution in [0.15, 0.2) is 115 Å². The van der Waals surface area contributed by atoms with E-state index < -0.39 is 0 Å². The summed E-state index contributed by atoms with van der Waals surface area (Å²) in [7, 11) is 0. The Morgan fingerprint density at radius 3 is 2.05 bits per heavy atom. The molecule has 4 aromatic heterocycles. The molecule has 0 atom stereocenters. The first-order chi connectivity index (χ1) is 20.8. The van der Waals surface area contributed by atoms with Crippen LogP contribution in [0, 0.1) is 11.3 Å². The SMILES string of the molecule is N#Cc1nc(-n2c3cc4c5ccccc5n5c6ccccc6c(c3c3ccc6ccccc6c32)c45)c2ccccc2n1. The van der Waals surface area contributed by atoms with Crippen molar-refractivity contribution in [2.45, 2.75) is 0 Å². The highest BCUT2D eigenvalue weighted by Gasteiger charge is 2.25. The summed E-state index contributed by atoms with van der Waals surface area (Å²) in [4.78, 5) is 9.45. The molecule has 5 heteroatoms. The lowest BCUT2D eigenvalue weighted by Gasteiger charge is -2.12. The fraction of sp³-hybridized carbons (Fsp3) is 0. The molecule has 0 aliphatic rings. The fourth-order valence-electron chi connectivity index (χ4n) is 7.27. The number of hydrogen-bond acceptors (Lipinski definition) is 3. The Kier molecular flexibility index (Phi) is 3.94. The van der Waals surface area contributed by atoms with E-state index in [-0.39, 0.29) is 5.82 Å². The quantitative estimate of drug-likeness (QED) is 0.212. The molecule has 0 bridgehead atoms. The summed E-state index contributed by atoms with van der Waals surface area (Å²) in [6.45, 7) is 0. The predicted octanol–water partition coefficient (Wildman–Crippen LogP) is 8.90. The van der Waals surface area contributed by atoms with Gasteiger partial charge in [-0.2, -0.15) is 5.26 Å². The average Bonchev–Trinajstić information content (AvgIpc) is 3.68. The minimum absolute atomic E-state index is 0.159. The van der Waals surface area contributed by atoms with Gasteiger partial charge in [-0.25, -0.2) is 9.97 Å². The van der Waals surface area contributed by atoms with Crippen LogP contribution in [0.25, 0.3) is 87.4 Å². The molecule has 0 fully saturated rings. The summed E-state index contributed by atoms with van der Waals surface area (Å²) in [5, 5.41) is 20.4. The molecule has 6 aromatic carbocycles. The second-order valence-electron chi connectivity index (χ2n) is 10.9. The van der Waals surface area contributed by atoms with E-state index in [0.717, 1.165) is 43.9 Å². The van der Waals surface area contributed by atoms with Crippen molar-refractivity contribution < 1.29 is 0 Å². The minimum atomic E-state index is 0.159. The van der Waals surface area contributed by atoms with Crippen molar-refractivity contribution in [2.24, 2.45) is 0 Å². The molecule has 0 spiro atoms. The van der Waals surface area contributed by atoms with Gasteiger partial charge < -0.3 is 4.40 Å². The van der Waals surface area contributed by atoms with Crippen molar-refractivity contribution in [3.8, 4) is 11.9 Å². The minimum Gasteiger partial charge on any atom is -0.308 e. The standard InChI is InChI=1S/C37H19N5/c38-20-32-39-28-14-6-3-12-24(28)37(40-32)42-31-19-27-23-11-4-7-15-29(23)41-30-16-8-5-13-25(30)34(36(27)41)33(31)26-18-17-21-9-1-2-10-22(21)35(26)42/h1-19H. The first-order valence-electron chi connectivity index (χ1n) is 14.0. The molecule has 42 heavy (non-hydrogen) atoms. The molecule has 0 unspecified atom stereocenters. The van der Waals surface area contributed by atoms with Crippen LogP contribution in [0.4, 0.5) is 0 Å². The van der Waals surface area contributed by atoms with Crippen molar-refractivity contribution in [3.63, 3.8) is 0 Å².